The number of nitrogens with zero attached hydrogens (tertiary/aromatic N) is 3. The Kier molecular flexibility index (Phi) is 2.32. The molecule has 3 N–H and O–H groups in total. The lowest BCUT2D eigenvalue weighted by molar-refractivity contribution is 0.759. The molecule has 0 radical (unpaired) electrons. The molecule has 0 fully saturated rings. The van der Waals surface area contributed by atoms with E-state index in [1.165, 1.54) is 0 Å². The first-order valence-corrected chi connectivity index (χ1v) is 4.87. The molecular weight excluding hydrogens is 190 g/mol. The zero-order chi connectivity index (χ0) is 11.0. The van der Waals surface area contributed by atoms with Gasteiger partial charge >= 0.3 is 0 Å². The van der Waals surface area contributed by atoms with E-state index < -0.39 is 0 Å². The highest BCUT2D eigenvalue weighted by atomic mass is 15.2. The molecule has 0 bridgehead atoms. The molecule has 2 aromatic heterocycles. The molecule has 0 amide bonds. The summed E-state index contributed by atoms with van der Waals surface area (Å²) < 4.78 is 0. The average Bonchev–Trinajstić information content (AvgIpc) is 2.59. The lowest BCUT2D eigenvalue weighted by Gasteiger charge is -2.09. The summed E-state index contributed by atoms with van der Waals surface area (Å²) in [5.74, 6) is 1.67. The number of anilines is 1. The van der Waals surface area contributed by atoms with Gasteiger partial charge in [-0.1, -0.05) is 0 Å². The largest absolute Gasteiger partial charge is 0.363 e. The summed E-state index contributed by atoms with van der Waals surface area (Å²) in [6.07, 6.45) is 0. The van der Waals surface area contributed by atoms with Crippen LogP contribution in [0.2, 0.25) is 0 Å². The minimum absolute atomic E-state index is 0.0954. The average molecular weight is 205 g/mol. The highest BCUT2D eigenvalue weighted by Crippen LogP contribution is 2.16. The number of aromatic amines is 1. The minimum atomic E-state index is -0.0954. The van der Waals surface area contributed by atoms with Crippen LogP contribution in [-0.2, 0) is 0 Å². The van der Waals surface area contributed by atoms with E-state index in [0.717, 1.165) is 17.2 Å². The highest BCUT2D eigenvalue weighted by molar-refractivity contribution is 5.73. The standard InChI is InChI=1S/C10H15N5/c1-6(11)9-12-7-4-5-8(15(2)3)13-10(7)14-9/h4-6H,11H2,1-3H3,(H,12,13,14). The second-order valence-electron chi connectivity index (χ2n) is 3.85. The van der Waals surface area contributed by atoms with Gasteiger partial charge in [-0.3, -0.25) is 0 Å². The summed E-state index contributed by atoms with van der Waals surface area (Å²) in [5, 5.41) is 0. The molecule has 1 atom stereocenters. The number of fused-ring (bicyclic) bond motifs is 1. The van der Waals surface area contributed by atoms with Gasteiger partial charge in [0.15, 0.2) is 5.65 Å². The molecular formula is C10H15N5. The third-order valence-electron chi connectivity index (χ3n) is 2.24. The number of nitrogens with one attached hydrogen (secondary N) is 1. The molecule has 0 saturated carbocycles. The van der Waals surface area contributed by atoms with Crippen molar-refractivity contribution in [2.75, 3.05) is 19.0 Å². The Morgan fingerprint density at radius 2 is 2.07 bits per heavy atom. The summed E-state index contributed by atoms with van der Waals surface area (Å²) in [7, 11) is 3.90. The van der Waals surface area contributed by atoms with E-state index in [4.69, 9.17) is 5.73 Å². The van der Waals surface area contributed by atoms with E-state index in [1.807, 2.05) is 38.1 Å². The molecule has 0 aliphatic rings. The molecule has 2 heterocycles. The van der Waals surface area contributed by atoms with Crippen LogP contribution < -0.4 is 10.6 Å². The zero-order valence-corrected chi connectivity index (χ0v) is 9.15. The summed E-state index contributed by atoms with van der Waals surface area (Å²) >= 11 is 0. The number of pyridine rings is 1. The number of rotatable bonds is 2. The van der Waals surface area contributed by atoms with Gasteiger partial charge in [-0.05, 0) is 19.1 Å². The van der Waals surface area contributed by atoms with Gasteiger partial charge in [-0.15, -0.1) is 0 Å². The SMILES string of the molecule is CC(N)c1nc2nc(N(C)C)ccc2[nH]1. The van der Waals surface area contributed by atoms with Crippen molar-refractivity contribution in [2.24, 2.45) is 5.73 Å². The molecule has 5 nitrogen and oxygen atoms in total. The van der Waals surface area contributed by atoms with Gasteiger partial charge in [-0.2, -0.15) is 0 Å². The van der Waals surface area contributed by atoms with Crippen molar-refractivity contribution in [3.63, 3.8) is 0 Å². The third kappa shape index (κ3) is 1.78. The van der Waals surface area contributed by atoms with Crippen LogP contribution in [0.5, 0.6) is 0 Å². The van der Waals surface area contributed by atoms with Crippen molar-refractivity contribution < 1.29 is 0 Å². The van der Waals surface area contributed by atoms with E-state index >= 15 is 0 Å². The Balaban J connectivity index is 2.52. The Hall–Kier alpha value is -1.62. The molecule has 0 aliphatic carbocycles. The molecule has 2 aromatic rings. The maximum Gasteiger partial charge on any atom is 0.179 e. The molecule has 5 heteroatoms. The van der Waals surface area contributed by atoms with Crippen LogP contribution in [0.15, 0.2) is 12.1 Å². The number of nitrogens with two attached hydrogens (primary N) is 1. The molecule has 15 heavy (non-hydrogen) atoms. The monoisotopic (exact) mass is 205 g/mol. The molecule has 0 aliphatic heterocycles. The molecule has 0 saturated heterocycles. The topological polar surface area (TPSA) is 70.8 Å². The normalized spacial score (nSPS) is 13.1. The highest BCUT2D eigenvalue weighted by Gasteiger charge is 2.08. The predicted molar refractivity (Wildman–Crippen MR) is 60.8 cm³/mol. The quantitative estimate of drug-likeness (QED) is 0.768. The van der Waals surface area contributed by atoms with Gasteiger partial charge in [0.2, 0.25) is 0 Å². The van der Waals surface area contributed by atoms with Crippen LogP contribution in [0.4, 0.5) is 5.82 Å². The summed E-state index contributed by atoms with van der Waals surface area (Å²) in [4.78, 5) is 13.8. The van der Waals surface area contributed by atoms with Gasteiger partial charge in [0.05, 0.1) is 11.6 Å². The lowest BCUT2D eigenvalue weighted by Crippen LogP contribution is -2.10. The van der Waals surface area contributed by atoms with Crippen molar-refractivity contribution in [1.82, 2.24) is 15.0 Å². The van der Waals surface area contributed by atoms with Gasteiger partial charge in [-0.25, -0.2) is 9.97 Å². The fourth-order valence-corrected chi connectivity index (χ4v) is 1.37. The van der Waals surface area contributed by atoms with E-state index in [2.05, 4.69) is 15.0 Å². The Morgan fingerprint density at radius 3 is 2.67 bits per heavy atom. The summed E-state index contributed by atoms with van der Waals surface area (Å²) in [6, 6.07) is 3.82. The Morgan fingerprint density at radius 1 is 1.33 bits per heavy atom. The maximum absolute atomic E-state index is 5.74. The fourth-order valence-electron chi connectivity index (χ4n) is 1.37. The number of imidazole rings is 1. The second kappa shape index (κ2) is 3.51. The van der Waals surface area contributed by atoms with E-state index in [1.54, 1.807) is 0 Å². The third-order valence-corrected chi connectivity index (χ3v) is 2.24. The van der Waals surface area contributed by atoms with E-state index in [0.29, 0.717) is 5.65 Å². The number of hydrogen-bond donors (Lipinski definition) is 2. The first kappa shape index (κ1) is 9.92. The van der Waals surface area contributed by atoms with Gasteiger partial charge in [0.1, 0.15) is 11.6 Å². The number of aromatic nitrogens is 3. The zero-order valence-electron chi connectivity index (χ0n) is 9.15. The van der Waals surface area contributed by atoms with Crippen molar-refractivity contribution in [2.45, 2.75) is 13.0 Å². The van der Waals surface area contributed by atoms with Crippen LogP contribution in [0.25, 0.3) is 11.2 Å². The van der Waals surface area contributed by atoms with Crippen LogP contribution in [0, 0.1) is 0 Å². The Labute approximate surface area is 88.3 Å². The molecule has 0 aromatic carbocycles. The van der Waals surface area contributed by atoms with E-state index in [9.17, 15) is 0 Å². The maximum atomic E-state index is 5.74. The van der Waals surface area contributed by atoms with E-state index in [-0.39, 0.29) is 6.04 Å². The van der Waals surface area contributed by atoms with Gasteiger partial charge in [0, 0.05) is 14.1 Å². The Bertz CT molecular complexity index is 466. The number of hydrogen-bond acceptors (Lipinski definition) is 4. The summed E-state index contributed by atoms with van der Waals surface area (Å²) in [6.45, 7) is 1.89. The molecule has 80 valence electrons. The first-order chi connectivity index (χ1) is 7.08. The first-order valence-electron chi connectivity index (χ1n) is 4.87. The van der Waals surface area contributed by atoms with Crippen molar-refractivity contribution >= 4 is 17.0 Å². The molecule has 0 spiro atoms. The van der Waals surface area contributed by atoms with Crippen molar-refractivity contribution in [3.05, 3.63) is 18.0 Å². The van der Waals surface area contributed by atoms with Crippen LogP contribution in [-0.4, -0.2) is 29.0 Å². The number of H-pyrrole nitrogens is 1. The minimum Gasteiger partial charge on any atom is -0.363 e. The van der Waals surface area contributed by atoms with Gasteiger partial charge in [0.25, 0.3) is 0 Å². The van der Waals surface area contributed by atoms with Crippen LogP contribution >= 0.6 is 0 Å². The van der Waals surface area contributed by atoms with Crippen molar-refractivity contribution in [3.8, 4) is 0 Å². The second-order valence-corrected chi connectivity index (χ2v) is 3.85. The van der Waals surface area contributed by atoms with Crippen LogP contribution in [0.1, 0.15) is 18.8 Å². The lowest BCUT2D eigenvalue weighted by atomic mass is 10.3. The predicted octanol–water partition coefficient (Wildman–Crippen LogP) is 1.04. The van der Waals surface area contributed by atoms with Gasteiger partial charge < -0.3 is 15.6 Å². The molecule has 1 unspecified atom stereocenters. The van der Waals surface area contributed by atoms with Crippen LogP contribution in [0.3, 0.4) is 0 Å². The molecule has 2 rings (SSSR count). The fraction of sp³-hybridized carbons (Fsp3) is 0.400. The van der Waals surface area contributed by atoms with Crippen molar-refractivity contribution in [1.29, 1.82) is 0 Å². The summed E-state index contributed by atoms with van der Waals surface area (Å²) in [5.41, 5.74) is 7.38. The smallest absolute Gasteiger partial charge is 0.179 e.